The van der Waals surface area contributed by atoms with Crippen LogP contribution in [0.4, 0.5) is 8.78 Å². The zero-order valence-corrected chi connectivity index (χ0v) is 6.68. The summed E-state index contributed by atoms with van der Waals surface area (Å²) in [6.07, 6.45) is 0.622. The number of aryl methyl sites for hydroxylation is 1. The normalized spacial score (nSPS) is 12.0. The lowest BCUT2D eigenvalue weighted by molar-refractivity contribution is -0.0466. The number of alkyl halides is 2. The van der Waals surface area contributed by atoms with Gasteiger partial charge < -0.3 is 9.52 Å². The quantitative estimate of drug-likeness (QED) is 0.764. The third-order valence-corrected chi connectivity index (χ3v) is 1.62. The number of hydrogen-bond donors (Lipinski definition) is 1. The minimum absolute atomic E-state index is 0.350. The fourth-order valence-electron chi connectivity index (χ4n) is 1.00. The van der Waals surface area contributed by atoms with Crippen molar-refractivity contribution < 1.29 is 18.3 Å². The minimum atomic E-state index is -3.05. The molecule has 1 rings (SSSR count). The zero-order chi connectivity index (χ0) is 9.19. The molecule has 1 aromatic rings. The molecule has 1 aromatic heterocycles. The second-order valence-corrected chi connectivity index (χ2v) is 2.61. The molecule has 0 atom stereocenters. The summed E-state index contributed by atoms with van der Waals surface area (Å²) >= 11 is 0. The van der Waals surface area contributed by atoms with Gasteiger partial charge >= 0.3 is 5.92 Å². The standard InChI is InChI=1S/C8H10F2O2/c1-6-2-5-12-7(6)8(9,10)3-4-11/h2,5,11H,3-4H2,1H3. The monoisotopic (exact) mass is 176 g/mol. The van der Waals surface area contributed by atoms with E-state index in [2.05, 4.69) is 4.42 Å². The number of hydrogen-bond acceptors (Lipinski definition) is 2. The van der Waals surface area contributed by atoms with E-state index in [4.69, 9.17) is 5.11 Å². The Balaban J connectivity index is 2.88. The molecule has 0 aliphatic rings. The summed E-state index contributed by atoms with van der Waals surface area (Å²) < 4.78 is 30.6. The van der Waals surface area contributed by atoms with Crippen molar-refractivity contribution in [3.8, 4) is 0 Å². The summed E-state index contributed by atoms with van der Waals surface area (Å²) in [5.74, 6) is -3.40. The Morgan fingerprint density at radius 2 is 2.25 bits per heavy atom. The van der Waals surface area contributed by atoms with Crippen molar-refractivity contribution in [1.29, 1.82) is 0 Å². The van der Waals surface area contributed by atoms with Crippen molar-refractivity contribution >= 4 is 0 Å². The molecule has 1 N–H and O–H groups in total. The Hall–Kier alpha value is -0.900. The topological polar surface area (TPSA) is 33.4 Å². The van der Waals surface area contributed by atoms with Gasteiger partial charge in [-0.25, -0.2) is 0 Å². The van der Waals surface area contributed by atoms with E-state index in [0.717, 1.165) is 0 Å². The largest absolute Gasteiger partial charge is 0.463 e. The van der Waals surface area contributed by atoms with Gasteiger partial charge in [0.1, 0.15) is 0 Å². The smallest absolute Gasteiger partial charge is 0.307 e. The van der Waals surface area contributed by atoms with Gasteiger partial charge in [-0.3, -0.25) is 0 Å². The average Bonchev–Trinajstić information content (AvgIpc) is 2.35. The fourth-order valence-corrected chi connectivity index (χ4v) is 1.00. The second-order valence-electron chi connectivity index (χ2n) is 2.61. The highest BCUT2D eigenvalue weighted by atomic mass is 19.3. The van der Waals surface area contributed by atoms with Crippen LogP contribution in [0.5, 0.6) is 0 Å². The van der Waals surface area contributed by atoms with E-state index < -0.39 is 19.0 Å². The van der Waals surface area contributed by atoms with E-state index in [-0.39, 0.29) is 5.76 Å². The van der Waals surface area contributed by atoms with Gasteiger partial charge in [-0.05, 0) is 18.6 Å². The van der Waals surface area contributed by atoms with E-state index in [1.165, 1.54) is 12.3 Å². The summed E-state index contributed by atoms with van der Waals surface area (Å²) in [6.45, 7) is 0.997. The molecule has 0 saturated carbocycles. The van der Waals surface area contributed by atoms with Crippen molar-refractivity contribution in [2.24, 2.45) is 0 Å². The highest BCUT2D eigenvalue weighted by Crippen LogP contribution is 2.33. The molecular weight excluding hydrogens is 166 g/mol. The van der Waals surface area contributed by atoms with Crippen LogP contribution >= 0.6 is 0 Å². The molecule has 0 radical (unpaired) electrons. The molecule has 0 fully saturated rings. The van der Waals surface area contributed by atoms with Crippen molar-refractivity contribution in [2.75, 3.05) is 6.61 Å². The van der Waals surface area contributed by atoms with E-state index in [1.54, 1.807) is 6.92 Å². The van der Waals surface area contributed by atoms with Crippen LogP contribution in [0.25, 0.3) is 0 Å². The summed E-state index contributed by atoms with van der Waals surface area (Å²) in [5.41, 5.74) is 0.411. The molecule has 1 heterocycles. The van der Waals surface area contributed by atoms with Gasteiger partial charge in [0.2, 0.25) is 0 Å². The molecule has 68 valence electrons. The molecule has 0 aromatic carbocycles. The SMILES string of the molecule is Cc1ccoc1C(F)(F)CCO. The predicted octanol–water partition coefficient (Wildman–Crippen LogP) is 2.06. The third kappa shape index (κ3) is 1.64. The van der Waals surface area contributed by atoms with Gasteiger partial charge in [0, 0.05) is 13.0 Å². The van der Waals surface area contributed by atoms with E-state index in [0.29, 0.717) is 5.56 Å². The predicted molar refractivity (Wildman–Crippen MR) is 39.0 cm³/mol. The van der Waals surface area contributed by atoms with E-state index in [9.17, 15) is 8.78 Å². The maximum atomic E-state index is 13.0. The van der Waals surface area contributed by atoms with Gasteiger partial charge in [0.25, 0.3) is 0 Å². The van der Waals surface area contributed by atoms with Crippen molar-refractivity contribution in [3.05, 3.63) is 23.7 Å². The summed E-state index contributed by atoms with van der Waals surface area (Å²) in [6, 6.07) is 1.47. The van der Waals surface area contributed by atoms with Gasteiger partial charge in [-0.2, -0.15) is 8.78 Å². The molecule has 4 heteroatoms. The van der Waals surface area contributed by atoms with Crippen LogP contribution in [0.15, 0.2) is 16.7 Å². The molecule has 2 nitrogen and oxygen atoms in total. The molecule has 0 amide bonds. The Morgan fingerprint density at radius 1 is 1.58 bits per heavy atom. The van der Waals surface area contributed by atoms with Crippen molar-refractivity contribution in [3.63, 3.8) is 0 Å². The number of aliphatic hydroxyl groups is 1. The van der Waals surface area contributed by atoms with Crippen LogP contribution in [-0.4, -0.2) is 11.7 Å². The van der Waals surface area contributed by atoms with Gasteiger partial charge in [-0.15, -0.1) is 0 Å². The van der Waals surface area contributed by atoms with Crippen molar-refractivity contribution in [2.45, 2.75) is 19.3 Å². The summed E-state index contributed by atoms with van der Waals surface area (Å²) in [4.78, 5) is 0. The Morgan fingerprint density at radius 3 is 2.67 bits per heavy atom. The molecule has 0 saturated heterocycles. The van der Waals surface area contributed by atoms with E-state index >= 15 is 0 Å². The van der Waals surface area contributed by atoms with Crippen molar-refractivity contribution in [1.82, 2.24) is 0 Å². The van der Waals surface area contributed by atoms with Crippen LogP contribution in [0, 0.1) is 6.92 Å². The molecule has 0 unspecified atom stereocenters. The molecular formula is C8H10F2O2. The number of rotatable bonds is 3. The molecule has 0 spiro atoms. The van der Waals surface area contributed by atoms with Crippen LogP contribution in [0.1, 0.15) is 17.7 Å². The van der Waals surface area contributed by atoms with Crippen LogP contribution < -0.4 is 0 Å². The van der Waals surface area contributed by atoms with Gasteiger partial charge in [0.15, 0.2) is 5.76 Å². The van der Waals surface area contributed by atoms with Gasteiger partial charge in [0.05, 0.1) is 6.26 Å². The Bertz CT molecular complexity index is 255. The lowest BCUT2D eigenvalue weighted by Crippen LogP contribution is -2.15. The minimum Gasteiger partial charge on any atom is -0.463 e. The van der Waals surface area contributed by atoms with E-state index in [1.807, 2.05) is 0 Å². The molecule has 12 heavy (non-hydrogen) atoms. The summed E-state index contributed by atoms with van der Waals surface area (Å²) in [7, 11) is 0. The second kappa shape index (κ2) is 3.23. The number of furan rings is 1. The Labute approximate surface area is 68.8 Å². The number of aliphatic hydroxyl groups excluding tert-OH is 1. The molecule has 0 bridgehead atoms. The highest BCUT2D eigenvalue weighted by Gasteiger charge is 2.35. The first-order valence-corrected chi connectivity index (χ1v) is 3.61. The molecule has 0 aliphatic heterocycles. The zero-order valence-electron chi connectivity index (χ0n) is 6.68. The van der Waals surface area contributed by atoms with Gasteiger partial charge in [-0.1, -0.05) is 0 Å². The van der Waals surface area contributed by atoms with Crippen LogP contribution in [0.3, 0.4) is 0 Å². The first kappa shape index (κ1) is 9.19. The number of halogens is 2. The Kier molecular flexibility index (Phi) is 2.47. The highest BCUT2D eigenvalue weighted by molar-refractivity contribution is 5.18. The summed E-state index contributed by atoms with van der Waals surface area (Å²) in [5, 5.41) is 8.37. The van der Waals surface area contributed by atoms with Crippen LogP contribution in [0.2, 0.25) is 0 Å². The van der Waals surface area contributed by atoms with Crippen LogP contribution in [-0.2, 0) is 5.92 Å². The third-order valence-electron chi connectivity index (χ3n) is 1.62. The fraction of sp³-hybridized carbons (Fsp3) is 0.500. The maximum absolute atomic E-state index is 13.0. The maximum Gasteiger partial charge on any atom is 0.307 e. The first-order chi connectivity index (χ1) is 5.58. The first-order valence-electron chi connectivity index (χ1n) is 3.61. The average molecular weight is 176 g/mol. The lowest BCUT2D eigenvalue weighted by Gasteiger charge is -2.12. The lowest BCUT2D eigenvalue weighted by atomic mass is 10.1. The molecule has 0 aliphatic carbocycles.